The minimum Gasteiger partial charge on any atom is -0.398 e. The number of nitrogens with two attached hydrogens (primary N) is 1. The molecule has 0 bridgehead atoms. The summed E-state index contributed by atoms with van der Waals surface area (Å²) >= 11 is 3.28. The van der Waals surface area contributed by atoms with Gasteiger partial charge >= 0.3 is 0 Å². The van der Waals surface area contributed by atoms with E-state index in [2.05, 4.69) is 35.9 Å². The third kappa shape index (κ3) is 3.07. The van der Waals surface area contributed by atoms with Gasteiger partial charge in [-0.25, -0.2) is 0 Å². The van der Waals surface area contributed by atoms with Crippen molar-refractivity contribution in [3.05, 3.63) is 40.5 Å². The van der Waals surface area contributed by atoms with Crippen molar-refractivity contribution in [1.29, 1.82) is 0 Å². The van der Waals surface area contributed by atoms with E-state index in [-0.39, 0.29) is 5.91 Å². The van der Waals surface area contributed by atoms with Crippen LogP contribution in [0.15, 0.2) is 33.6 Å². The second kappa shape index (κ2) is 5.63. The van der Waals surface area contributed by atoms with E-state index in [9.17, 15) is 4.79 Å². The Morgan fingerprint density at radius 2 is 2.33 bits per heavy atom. The van der Waals surface area contributed by atoms with Gasteiger partial charge in [-0.1, -0.05) is 5.16 Å². The highest BCUT2D eigenvalue weighted by Crippen LogP contribution is 2.20. The molecule has 94 valence electrons. The van der Waals surface area contributed by atoms with Crippen LogP contribution in [0.2, 0.25) is 0 Å². The van der Waals surface area contributed by atoms with E-state index in [1.54, 1.807) is 18.2 Å². The molecule has 0 radical (unpaired) electrons. The molecule has 0 unspecified atom stereocenters. The van der Waals surface area contributed by atoms with Gasteiger partial charge in [-0.05, 0) is 34.1 Å². The minimum atomic E-state index is -0.167. The van der Waals surface area contributed by atoms with Crippen LogP contribution in [0.3, 0.4) is 0 Å². The molecule has 1 heterocycles. The van der Waals surface area contributed by atoms with Crippen LogP contribution >= 0.6 is 15.9 Å². The molecule has 1 aromatic heterocycles. The van der Waals surface area contributed by atoms with E-state index < -0.39 is 0 Å². The largest absolute Gasteiger partial charge is 0.398 e. The lowest BCUT2D eigenvalue weighted by atomic mass is 10.2. The fourth-order valence-corrected chi connectivity index (χ4v) is 1.74. The average Bonchev–Trinajstić information content (AvgIpc) is 2.85. The highest BCUT2D eigenvalue weighted by Gasteiger charge is 2.07. The molecule has 2 aromatic rings. The number of rotatable bonds is 4. The summed E-state index contributed by atoms with van der Waals surface area (Å²) in [5.74, 6) is 0.396. The summed E-state index contributed by atoms with van der Waals surface area (Å²) in [7, 11) is 0. The first-order valence-electron chi connectivity index (χ1n) is 5.25. The molecule has 7 heteroatoms. The zero-order chi connectivity index (χ0) is 13.0. The van der Waals surface area contributed by atoms with Crippen molar-refractivity contribution >= 4 is 27.5 Å². The maximum absolute atomic E-state index is 11.8. The van der Waals surface area contributed by atoms with Crippen LogP contribution in [0.25, 0.3) is 0 Å². The summed E-state index contributed by atoms with van der Waals surface area (Å²) in [5.41, 5.74) is 6.79. The van der Waals surface area contributed by atoms with Crippen molar-refractivity contribution in [2.45, 2.75) is 6.42 Å². The van der Waals surface area contributed by atoms with Crippen LogP contribution in [0.4, 0.5) is 5.69 Å². The lowest BCUT2D eigenvalue weighted by Gasteiger charge is -2.05. The lowest BCUT2D eigenvalue weighted by molar-refractivity contribution is 0.0954. The van der Waals surface area contributed by atoms with Gasteiger partial charge in [-0.3, -0.25) is 4.79 Å². The molecule has 2 rings (SSSR count). The molecule has 0 spiro atoms. The van der Waals surface area contributed by atoms with Crippen molar-refractivity contribution in [3.8, 4) is 0 Å². The molecule has 1 amide bonds. The van der Waals surface area contributed by atoms with Crippen LogP contribution in [0, 0.1) is 0 Å². The molecule has 0 atom stereocenters. The quantitative estimate of drug-likeness (QED) is 0.832. The van der Waals surface area contributed by atoms with Crippen molar-refractivity contribution in [1.82, 2.24) is 15.5 Å². The summed E-state index contributed by atoms with van der Waals surface area (Å²) in [6.07, 6.45) is 1.78. The van der Waals surface area contributed by atoms with Crippen molar-refractivity contribution in [3.63, 3.8) is 0 Å². The fourth-order valence-electron chi connectivity index (χ4n) is 1.36. The molecule has 0 saturated carbocycles. The van der Waals surface area contributed by atoms with Gasteiger partial charge in [-0.15, -0.1) is 0 Å². The van der Waals surface area contributed by atoms with Crippen molar-refractivity contribution < 1.29 is 9.32 Å². The molecule has 1 aromatic carbocycles. The third-order valence-corrected chi connectivity index (χ3v) is 2.99. The van der Waals surface area contributed by atoms with Gasteiger partial charge in [0, 0.05) is 28.7 Å². The monoisotopic (exact) mass is 310 g/mol. The molecule has 0 saturated heterocycles. The van der Waals surface area contributed by atoms with E-state index in [1.165, 1.54) is 6.39 Å². The number of hydrogen-bond acceptors (Lipinski definition) is 5. The Hall–Kier alpha value is -1.89. The number of anilines is 1. The van der Waals surface area contributed by atoms with E-state index in [0.717, 1.165) is 0 Å². The predicted molar refractivity (Wildman–Crippen MR) is 68.9 cm³/mol. The smallest absolute Gasteiger partial charge is 0.251 e. The molecular weight excluding hydrogens is 300 g/mol. The van der Waals surface area contributed by atoms with Gasteiger partial charge in [0.25, 0.3) is 5.91 Å². The number of amides is 1. The normalized spacial score (nSPS) is 10.3. The third-order valence-electron chi connectivity index (χ3n) is 2.30. The van der Waals surface area contributed by atoms with Crippen molar-refractivity contribution in [2.24, 2.45) is 0 Å². The first-order chi connectivity index (χ1) is 8.66. The second-order valence-electron chi connectivity index (χ2n) is 3.59. The molecule has 0 aliphatic rings. The fraction of sp³-hybridized carbons (Fsp3) is 0.182. The summed E-state index contributed by atoms with van der Waals surface area (Å²) in [4.78, 5) is 15.7. The van der Waals surface area contributed by atoms with Gasteiger partial charge in [0.2, 0.25) is 6.39 Å². The van der Waals surface area contributed by atoms with E-state index in [0.29, 0.717) is 34.5 Å². The number of carbonyl (C=O) groups is 1. The van der Waals surface area contributed by atoms with E-state index in [4.69, 9.17) is 5.73 Å². The number of aromatic nitrogens is 2. The molecular formula is C11H11BrN4O2. The Balaban J connectivity index is 1.89. The molecule has 18 heavy (non-hydrogen) atoms. The maximum Gasteiger partial charge on any atom is 0.251 e. The van der Waals surface area contributed by atoms with E-state index >= 15 is 0 Å². The van der Waals surface area contributed by atoms with Crippen LogP contribution < -0.4 is 11.1 Å². The van der Waals surface area contributed by atoms with Crippen LogP contribution in [-0.4, -0.2) is 22.6 Å². The van der Waals surface area contributed by atoms with Gasteiger partial charge in [-0.2, -0.15) is 4.98 Å². The van der Waals surface area contributed by atoms with Gasteiger partial charge in [0.15, 0.2) is 5.82 Å². The standard InChI is InChI=1S/C11H11BrN4O2/c12-8-5-7(1-2-9(8)13)11(17)14-4-3-10-15-6-18-16-10/h1-2,5-6H,3-4,13H2,(H,14,17). The van der Waals surface area contributed by atoms with Crippen LogP contribution in [0.5, 0.6) is 0 Å². The average molecular weight is 311 g/mol. The number of nitrogens with one attached hydrogen (secondary N) is 1. The first-order valence-corrected chi connectivity index (χ1v) is 6.04. The lowest BCUT2D eigenvalue weighted by Crippen LogP contribution is -2.25. The first kappa shape index (κ1) is 12.6. The summed E-state index contributed by atoms with van der Waals surface area (Å²) in [5, 5.41) is 6.41. The zero-order valence-corrected chi connectivity index (χ0v) is 11.0. The number of nitrogens with zero attached hydrogens (tertiary/aromatic N) is 2. The minimum absolute atomic E-state index is 0.167. The number of hydrogen-bond donors (Lipinski definition) is 2. The predicted octanol–water partition coefficient (Wildman–Crippen LogP) is 1.39. The number of carbonyl (C=O) groups excluding carboxylic acids is 1. The zero-order valence-electron chi connectivity index (χ0n) is 9.39. The highest BCUT2D eigenvalue weighted by molar-refractivity contribution is 9.10. The Labute approximate surface area is 112 Å². The number of nitrogen functional groups attached to an aromatic ring is 1. The van der Waals surface area contributed by atoms with Crippen LogP contribution in [-0.2, 0) is 6.42 Å². The molecule has 0 aliphatic carbocycles. The summed E-state index contributed by atoms with van der Waals surface area (Å²) in [6, 6.07) is 5.03. The van der Waals surface area contributed by atoms with Gasteiger partial charge < -0.3 is 15.6 Å². The highest BCUT2D eigenvalue weighted by atomic mass is 79.9. The summed E-state index contributed by atoms with van der Waals surface area (Å²) < 4.78 is 5.29. The van der Waals surface area contributed by atoms with Crippen molar-refractivity contribution in [2.75, 3.05) is 12.3 Å². The molecule has 3 N–H and O–H groups in total. The Kier molecular flexibility index (Phi) is 3.93. The Morgan fingerprint density at radius 3 is 3.00 bits per heavy atom. The summed E-state index contributed by atoms with van der Waals surface area (Å²) in [6.45, 7) is 0.445. The SMILES string of the molecule is Nc1ccc(C(=O)NCCc2ncon2)cc1Br. The maximum atomic E-state index is 11.8. The second-order valence-corrected chi connectivity index (χ2v) is 4.44. The van der Waals surface area contributed by atoms with E-state index in [1.807, 2.05) is 0 Å². The number of benzene rings is 1. The number of halogens is 1. The molecule has 6 nitrogen and oxygen atoms in total. The topological polar surface area (TPSA) is 94.0 Å². The molecule has 0 fully saturated rings. The van der Waals surface area contributed by atoms with Gasteiger partial charge in [0.1, 0.15) is 0 Å². The molecule has 0 aliphatic heterocycles. The van der Waals surface area contributed by atoms with Crippen LogP contribution in [0.1, 0.15) is 16.2 Å². The van der Waals surface area contributed by atoms with Gasteiger partial charge in [0.05, 0.1) is 0 Å². The Morgan fingerprint density at radius 1 is 1.50 bits per heavy atom. The Bertz CT molecular complexity index is 542.